The minimum absolute atomic E-state index is 0. The maximum absolute atomic E-state index is 9.61. The maximum atomic E-state index is 9.61. The molecule has 6 nitrogen and oxygen atoms in total. The molecule has 0 saturated heterocycles. The Morgan fingerprint density at radius 1 is 1.22 bits per heavy atom. The molecule has 3 aromatic rings. The summed E-state index contributed by atoms with van der Waals surface area (Å²) in [5.74, 6) is 0. The molecule has 2 N–H and O–H groups in total. The Hall–Kier alpha value is -1.25. The van der Waals surface area contributed by atoms with Gasteiger partial charge in [0.25, 0.3) is 6.33 Å². The van der Waals surface area contributed by atoms with Gasteiger partial charge in [0.1, 0.15) is 6.54 Å². The minimum Gasteiger partial charge on any atom is -1.00 e. The smallest absolute Gasteiger partial charge is 1.00 e. The molecule has 1 heterocycles. The van der Waals surface area contributed by atoms with Gasteiger partial charge in [-0.3, -0.25) is 0 Å². The Kier molecular flexibility index (Phi) is 13.2. The largest absolute Gasteiger partial charge is 2.00 e. The molecular formula is C18H26ClFeN3O3Si. The number of aryl methyl sites for hydroxylation is 1. The summed E-state index contributed by atoms with van der Waals surface area (Å²) in [6, 6.07) is 18.4. The van der Waals surface area contributed by atoms with Crippen LogP contribution in [0.4, 0.5) is 0 Å². The molecule has 0 fully saturated rings. The van der Waals surface area contributed by atoms with Crippen LogP contribution < -0.4 is 17.0 Å². The standard InChI is InChI=1S/C13H21N3O3Si.C5H5.ClH.Fe/c1-2-19-20(17,18)9-5-8-15-11-14-16(12-15)10-13-6-3-4-7-13;1-2-4-5-3-1;;/h3-4,6-7,11-12,17-18H,2,5,8-10H2,1H3;1-5H;1H;/q;-1;;+2/p-1. The fraction of sp³-hybridized carbons (Fsp3) is 0.333. The number of aromatic nitrogens is 3. The molecule has 27 heavy (non-hydrogen) atoms. The van der Waals surface area contributed by atoms with E-state index in [9.17, 15) is 9.59 Å². The molecule has 0 bridgehead atoms. The molecule has 0 aliphatic carbocycles. The number of hydrogen-bond acceptors (Lipinski definition) is 4. The van der Waals surface area contributed by atoms with E-state index in [1.165, 1.54) is 5.56 Å². The first-order chi connectivity index (χ1) is 12.1. The van der Waals surface area contributed by atoms with Crippen LogP contribution in [0, 0.1) is 0 Å². The molecule has 0 unspecified atom stereocenters. The van der Waals surface area contributed by atoms with E-state index in [0.717, 1.165) is 6.54 Å². The Balaban J connectivity index is 0.000000839. The van der Waals surface area contributed by atoms with E-state index in [1.807, 2.05) is 58.0 Å². The van der Waals surface area contributed by atoms with Gasteiger partial charge in [-0.2, -0.15) is 30.3 Å². The van der Waals surface area contributed by atoms with Crippen molar-refractivity contribution in [2.75, 3.05) is 6.61 Å². The molecule has 0 saturated carbocycles. The van der Waals surface area contributed by atoms with E-state index < -0.39 is 8.80 Å². The van der Waals surface area contributed by atoms with Gasteiger partial charge in [0.05, 0.1) is 6.54 Å². The van der Waals surface area contributed by atoms with Crippen LogP contribution in [0.3, 0.4) is 0 Å². The summed E-state index contributed by atoms with van der Waals surface area (Å²) in [4.78, 5) is 19.2. The fourth-order valence-electron chi connectivity index (χ4n) is 2.38. The topological polar surface area (TPSA) is 71.4 Å². The monoisotopic (exact) mass is 451 g/mol. The molecule has 1 aromatic heterocycles. The Bertz CT molecular complexity index is 673. The molecule has 9 heteroatoms. The third-order valence-electron chi connectivity index (χ3n) is 3.56. The second kappa shape index (κ2) is 13.8. The van der Waals surface area contributed by atoms with Crippen molar-refractivity contribution in [2.45, 2.75) is 32.5 Å². The quantitative estimate of drug-likeness (QED) is 0.254. The van der Waals surface area contributed by atoms with Gasteiger partial charge in [-0.15, -0.1) is 10.2 Å². The zero-order valence-corrected chi connectivity index (χ0v) is 18.1. The van der Waals surface area contributed by atoms with Crippen LogP contribution in [0.2, 0.25) is 6.04 Å². The van der Waals surface area contributed by atoms with Crippen LogP contribution in [0.1, 0.15) is 18.9 Å². The van der Waals surface area contributed by atoms with E-state index in [1.54, 1.807) is 13.3 Å². The number of nitrogens with zero attached hydrogens (tertiary/aromatic N) is 3. The predicted octanol–water partition coefficient (Wildman–Crippen LogP) is -1.31. The second-order valence-electron chi connectivity index (χ2n) is 5.72. The average molecular weight is 452 g/mol. The van der Waals surface area contributed by atoms with Crippen molar-refractivity contribution in [3.8, 4) is 0 Å². The average Bonchev–Trinajstić information content (AvgIpc) is 3.32. The first kappa shape index (κ1) is 25.7. The third-order valence-corrected chi connectivity index (χ3v) is 5.31. The zero-order chi connectivity index (χ0) is 18.0. The van der Waals surface area contributed by atoms with Crippen LogP contribution in [-0.2, 0) is 34.6 Å². The first-order valence-electron chi connectivity index (χ1n) is 8.46. The van der Waals surface area contributed by atoms with Crippen molar-refractivity contribution in [1.29, 1.82) is 0 Å². The van der Waals surface area contributed by atoms with Gasteiger partial charge in [-0.05, 0) is 13.3 Å². The van der Waals surface area contributed by atoms with E-state index in [4.69, 9.17) is 4.43 Å². The van der Waals surface area contributed by atoms with Crippen LogP contribution in [0.15, 0.2) is 67.3 Å². The summed E-state index contributed by atoms with van der Waals surface area (Å²) in [7, 11) is -3.44. The summed E-state index contributed by atoms with van der Waals surface area (Å²) in [5.41, 5.74) is 1.22. The molecule has 0 aliphatic rings. The van der Waals surface area contributed by atoms with Gasteiger partial charge in [0, 0.05) is 17.7 Å². The predicted molar refractivity (Wildman–Crippen MR) is 96.8 cm³/mol. The molecule has 3 rings (SSSR count). The third kappa shape index (κ3) is 10.6. The van der Waals surface area contributed by atoms with Crippen molar-refractivity contribution >= 4 is 8.80 Å². The number of hydrogen-bond donors (Lipinski definition) is 2. The Morgan fingerprint density at radius 2 is 1.96 bits per heavy atom. The van der Waals surface area contributed by atoms with Crippen molar-refractivity contribution in [1.82, 2.24) is 9.78 Å². The fourth-order valence-corrected chi connectivity index (χ4v) is 3.61. The summed E-state index contributed by atoms with van der Waals surface area (Å²) in [6.07, 6.45) is 4.33. The Labute approximate surface area is 178 Å². The number of halogens is 1. The molecule has 0 radical (unpaired) electrons. The van der Waals surface area contributed by atoms with Gasteiger partial charge in [-0.25, -0.2) is 28.8 Å². The molecule has 2 aromatic carbocycles. The van der Waals surface area contributed by atoms with E-state index in [-0.39, 0.29) is 29.5 Å². The van der Waals surface area contributed by atoms with E-state index >= 15 is 0 Å². The summed E-state index contributed by atoms with van der Waals surface area (Å²) in [5, 5.41) is 4.28. The molecule has 0 amide bonds. The molecular weight excluding hydrogens is 426 g/mol. The van der Waals surface area contributed by atoms with Crippen molar-refractivity contribution in [3.63, 3.8) is 0 Å². The summed E-state index contributed by atoms with van der Waals surface area (Å²) in [6.45, 7) is 3.54. The van der Waals surface area contributed by atoms with Gasteiger partial charge >= 0.3 is 25.9 Å². The van der Waals surface area contributed by atoms with E-state index in [0.29, 0.717) is 25.6 Å². The van der Waals surface area contributed by atoms with Crippen LogP contribution in [0.5, 0.6) is 0 Å². The zero-order valence-electron chi connectivity index (χ0n) is 15.3. The molecule has 0 atom stereocenters. The first-order valence-corrected chi connectivity index (χ1v) is 10.5. The number of rotatable bonds is 8. The van der Waals surface area contributed by atoms with Crippen molar-refractivity contribution in [3.05, 3.63) is 72.8 Å². The van der Waals surface area contributed by atoms with Gasteiger partial charge in [-0.1, -0.05) is 0 Å². The minimum atomic E-state index is -3.44. The van der Waals surface area contributed by atoms with Crippen molar-refractivity contribution < 1.29 is 48.1 Å². The van der Waals surface area contributed by atoms with Crippen LogP contribution in [-0.4, -0.2) is 34.8 Å². The van der Waals surface area contributed by atoms with Crippen LogP contribution in [0.25, 0.3) is 0 Å². The van der Waals surface area contributed by atoms with Gasteiger partial charge in [0.2, 0.25) is 6.33 Å². The normalized spacial score (nSPS) is 10.3. The maximum Gasteiger partial charge on any atom is 2.00 e. The van der Waals surface area contributed by atoms with Crippen molar-refractivity contribution in [2.24, 2.45) is 0 Å². The SMILES string of the molecule is CCO[Si](O)(O)CCC[n+]1cnn(Cc2ccc[cH-]2)c1.[Cl-].[Fe+2].c1cc[cH-]c1. The van der Waals surface area contributed by atoms with E-state index in [2.05, 4.69) is 17.2 Å². The molecule has 150 valence electrons. The van der Waals surface area contributed by atoms with Gasteiger partial charge in [0.15, 0.2) is 0 Å². The summed E-state index contributed by atoms with van der Waals surface area (Å²) >= 11 is 0. The van der Waals surface area contributed by atoms with Gasteiger partial charge < -0.3 is 26.4 Å². The summed E-state index contributed by atoms with van der Waals surface area (Å²) < 4.78 is 8.77. The molecule has 0 aliphatic heterocycles. The second-order valence-corrected chi connectivity index (χ2v) is 7.99. The molecule has 0 spiro atoms. The Morgan fingerprint density at radius 3 is 2.52 bits per heavy atom. The van der Waals surface area contributed by atoms with Crippen LogP contribution >= 0.6 is 0 Å².